The van der Waals surface area contributed by atoms with Crippen LogP contribution in [0.15, 0.2) is 18.2 Å². The summed E-state index contributed by atoms with van der Waals surface area (Å²) < 4.78 is 5.01. The fourth-order valence-corrected chi connectivity index (χ4v) is 2.70. The number of ether oxygens (including phenoxy) is 1. The van der Waals surface area contributed by atoms with Crippen molar-refractivity contribution in [2.24, 2.45) is 0 Å². The van der Waals surface area contributed by atoms with Crippen LogP contribution >= 0.6 is 0 Å². The SMILES string of the molecule is Cc1ccc(C(=O)OCC(=O)N2CCCC[C@@H]2C)cc1[N+](=O)[O-]. The van der Waals surface area contributed by atoms with Crippen molar-refractivity contribution >= 4 is 17.6 Å². The average molecular weight is 320 g/mol. The van der Waals surface area contributed by atoms with Gasteiger partial charge in [-0.3, -0.25) is 14.9 Å². The molecule has 0 radical (unpaired) electrons. The van der Waals surface area contributed by atoms with E-state index in [1.165, 1.54) is 18.2 Å². The molecule has 1 atom stereocenters. The molecular formula is C16H20N2O5. The monoisotopic (exact) mass is 320 g/mol. The third-order valence-electron chi connectivity index (χ3n) is 4.09. The molecule has 1 aromatic carbocycles. The molecule has 1 amide bonds. The average Bonchev–Trinajstić information content (AvgIpc) is 2.52. The first-order chi connectivity index (χ1) is 10.9. The smallest absolute Gasteiger partial charge is 0.338 e. The number of esters is 1. The number of piperidine rings is 1. The number of nitro groups is 1. The Balaban J connectivity index is 1.98. The summed E-state index contributed by atoms with van der Waals surface area (Å²) in [6, 6.07) is 4.27. The van der Waals surface area contributed by atoms with Crippen LogP contribution in [0.3, 0.4) is 0 Å². The van der Waals surface area contributed by atoms with Gasteiger partial charge < -0.3 is 9.64 Å². The van der Waals surface area contributed by atoms with Crippen molar-refractivity contribution in [1.82, 2.24) is 4.90 Å². The van der Waals surface area contributed by atoms with Crippen molar-refractivity contribution in [2.45, 2.75) is 39.2 Å². The van der Waals surface area contributed by atoms with Crippen LogP contribution < -0.4 is 0 Å². The molecule has 0 aliphatic carbocycles. The lowest BCUT2D eigenvalue weighted by Crippen LogP contribution is -2.44. The summed E-state index contributed by atoms with van der Waals surface area (Å²) in [4.78, 5) is 36.2. The van der Waals surface area contributed by atoms with Crippen molar-refractivity contribution in [3.05, 3.63) is 39.4 Å². The molecule has 2 rings (SSSR count). The van der Waals surface area contributed by atoms with E-state index in [1.807, 2.05) is 6.92 Å². The van der Waals surface area contributed by atoms with Crippen LogP contribution in [0.25, 0.3) is 0 Å². The van der Waals surface area contributed by atoms with Crippen LogP contribution in [0.5, 0.6) is 0 Å². The van der Waals surface area contributed by atoms with Gasteiger partial charge in [0, 0.05) is 24.2 Å². The van der Waals surface area contributed by atoms with Crippen molar-refractivity contribution < 1.29 is 19.2 Å². The lowest BCUT2D eigenvalue weighted by atomic mass is 10.0. The molecule has 7 nitrogen and oxygen atoms in total. The zero-order valence-corrected chi connectivity index (χ0v) is 13.3. The highest BCUT2D eigenvalue weighted by Crippen LogP contribution is 2.20. The Labute approximate surface area is 134 Å². The largest absolute Gasteiger partial charge is 0.452 e. The van der Waals surface area contributed by atoms with Gasteiger partial charge in [-0.15, -0.1) is 0 Å². The second-order valence-corrected chi connectivity index (χ2v) is 5.77. The fourth-order valence-electron chi connectivity index (χ4n) is 2.70. The summed E-state index contributed by atoms with van der Waals surface area (Å²) >= 11 is 0. The quantitative estimate of drug-likeness (QED) is 0.483. The zero-order chi connectivity index (χ0) is 17.0. The molecule has 0 aromatic heterocycles. The van der Waals surface area contributed by atoms with Gasteiger partial charge in [-0.05, 0) is 39.2 Å². The van der Waals surface area contributed by atoms with Crippen LogP contribution in [-0.2, 0) is 9.53 Å². The molecule has 23 heavy (non-hydrogen) atoms. The van der Waals surface area contributed by atoms with Gasteiger partial charge in [0.25, 0.3) is 11.6 Å². The number of nitrogens with zero attached hydrogens (tertiary/aromatic N) is 2. The topological polar surface area (TPSA) is 89.8 Å². The van der Waals surface area contributed by atoms with Gasteiger partial charge >= 0.3 is 5.97 Å². The van der Waals surface area contributed by atoms with Crippen LogP contribution in [0.4, 0.5) is 5.69 Å². The van der Waals surface area contributed by atoms with E-state index >= 15 is 0 Å². The summed E-state index contributed by atoms with van der Waals surface area (Å²) in [6.07, 6.45) is 3.00. The van der Waals surface area contributed by atoms with Crippen LogP contribution in [0.2, 0.25) is 0 Å². The summed E-state index contributed by atoms with van der Waals surface area (Å²) in [5.41, 5.74) is 0.391. The molecule has 0 bridgehead atoms. The number of amides is 1. The van der Waals surface area contributed by atoms with E-state index in [2.05, 4.69) is 0 Å². The first-order valence-corrected chi connectivity index (χ1v) is 7.62. The third kappa shape index (κ3) is 4.06. The maximum absolute atomic E-state index is 12.1. The van der Waals surface area contributed by atoms with E-state index in [4.69, 9.17) is 4.74 Å². The Bertz CT molecular complexity index is 629. The maximum atomic E-state index is 12.1. The molecule has 1 saturated heterocycles. The van der Waals surface area contributed by atoms with Crippen LogP contribution in [0, 0.1) is 17.0 Å². The first kappa shape index (κ1) is 16.9. The first-order valence-electron chi connectivity index (χ1n) is 7.62. The highest BCUT2D eigenvalue weighted by atomic mass is 16.6. The van der Waals surface area contributed by atoms with E-state index in [9.17, 15) is 19.7 Å². The third-order valence-corrected chi connectivity index (χ3v) is 4.09. The molecule has 0 spiro atoms. The number of aryl methyl sites for hydroxylation is 1. The van der Waals surface area contributed by atoms with Crippen molar-refractivity contribution in [3.8, 4) is 0 Å². The predicted octanol–water partition coefficient (Wildman–Crippen LogP) is 2.46. The van der Waals surface area contributed by atoms with E-state index in [-0.39, 0.29) is 29.8 Å². The van der Waals surface area contributed by atoms with Crippen molar-refractivity contribution in [3.63, 3.8) is 0 Å². The molecular weight excluding hydrogens is 300 g/mol. The van der Waals surface area contributed by atoms with Crippen LogP contribution in [0.1, 0.15) is 42.1 Å². The second-order valence-electron chi connectivity index (χ2n) is 5.77. The zero-order valence-electron chi connectivity index (χ0n) is 13.3. The minimum absolute atomic E-state index is 0.0711. The number of rotatable bonds is 4. The summed E-state index contributed by atoms with van der Waals surface area (Å²) in [6.45, 7) is 3.90. The normalized spacial score (nSPS) is 17.7. The molecule has 0 N–H and O–H groups in total. The minimum atomic E-state index is -0.730. The van der Waals surface area contributed by atoms with Gasteiger partial charge in [0.15, 0.2) is 6.61 Å². The molecule has 1 heterocycles. The number of benzene rings is 1. The van der Waals surface area contributed by atoms with E-state index in [0.29, 0.717) is 12.1 Å². The van der Waals surface area contributed by atoms with Gasteiger partial charge in [-0.25, -0.2) is 4.79 Å². The van der Waals surface area contributed by atoms with E-state index < -0.39 is 10.9 Å². The van der Waals surface area contributed by atoms with Crippen molar-refractivity contribution in [2.75, 3.05) is 13.2 Å². The van der Waals surface area contributed by atoms with Crippen LogP contribution in [-0.4, -0.2) is 40.9 Å². The molecule has 1 fully saturated rings. The number of likely N-dealkylation sites (tertiary alicyclic amines) is 1. The highest BCUT2D eigenvalue weighted by molar-refractivity contribution is 5.92. The molecule has 0 saturated carbocycles. The fraction of sp³-hybridized carbons (Fsp3) is 0.500. The molecule has 124 valence electrons. The molecule has 1 aliphatic rings. The standard InChI is InChI=1S/C16H20N2O5/c1-11-6-7-13(9-14(11)18(21)22)16(20)23-10-15(19)17-8-4-3-5-12(17)2/h6-7,9,12H,3-5,8,10H2,1-2H3/t12-/m0/s1. The van der Waals surface area contributed by atoms with Gasteiger partial charge in [0.2, 0.25) is 0 Å². The molecule has 1 aliphatic heterocycles. The number of hydrogen-bond acceptors (Lipinski definition) is 5. The van der Waals surface area contributed by atoms with E-state index in [1.54, 1.807) is 11.8 Å². The number of carbonyl (C=O) groups excluding carboxylic acids is 2. The predicted molar refractivity (Wildman–Crippen MR) is 83.1 cm³/mol. The Morgan fingerprint density at radius 1 is 1.39 bits per heavy atom. The van der Waals surface area contributed by atoms with Gasteiger partial charge in [0.1, 0.15) is 0 Å². The molecule has 7 heteroatoms. The lowest BCUT2D eigenvalue weighted by molar-refractivity contribution is -0.385. The summed E-state index contributed by atoms with van der Waals surface area (Å²) in [7, 11) is 0. The van der Waals surface area contributed by atoms with Gasteiger partial charge in [-0.1, -0.05) is 6.07 Å². The minimum Gasteiger partial charge on any atom is -0.452 e. The number of hydrogen-bond donors (Lipinski definition) is 0. The second kappa shape index (κ2) is 7.21. The lowest BCUT2D eigenvalue weighted by Gasteiger charge is -2.33. The van der Waals surface area contributed by atoms with Gasteiger partial charge in [-0.2, -0.15) is 0 Å². The molecule has 0 unspecified atom stereocenters. The van der Waals surface area contributed by atoms with Crippen molar-refractivity contribution in [1.29, 1.82) is 0 Å². The Morgan fingerprint density at radius 2 is 2.13 bits per heavy atom. The Kier molecular flexibility index (Phi) is 5.31. The highest BCUT2D eigenvalue weighted by Gasteiger charge is 2.24. The Morgan fingerprint density at radius 3 is 2.78 bits per heavy atom. The van der Waals surface area contributed by atoms with E-state index in [0.717, 1.165) is 19.3 Å². The molecule has 1 aromatic rings. The maximum Gasteiger partial charge on any atom is 0.338 e. The number of carbonyl (C=O) groups is 2. The summed E-state index contributed by atoms with van der Waals surface area (Å²) in [5, 5.41) is 10.9. The Hall–Kier alpha value is -2.44. The number of nitro benzene ring substituents is 1. The summed E-state index contributed by atoms with van der Waals surface area (Å²) in [5.74, 6) is -0.960. The van der Waals surface area contributed by atoms with Gasteiger partial charge in [0.05, 0.1) is 10.5 Å².